The summed E-state index contributed by atoms with van der Waals surface area (Å²) in [7, 11) is 0. The zero-order chi connectivity index (χ0) is 12.8. The third-order valence-corrected chi connectivity index (χ3v) is 3.40. The van der Waals surface area contributed by atoms with E-state index in [-0.39, 0.29) is 5.91 Å². The average Bonchev–Trinajstić information content (AvgIpc) is 2.90. The number of aromatic nitrogens is 1. The van der Waals surface area contributed by atoms with E-state index in [2.05, 4.69) is 17.2 Å². The smallest absolute Gasteiger partial charge is 0.224 e. The summed E-state index contributed by atoms with van der Waals surface area (Å²) < 4.78 is 0. The number of nitrogens with zero attached hydrogens (tertiary/aromatic N) is 1. The molecular formula is C14H16N2OS. The van der Waals surface area contributed by atoms with Crippen molar-refractivity contribution in [1.82, 2.24) is 4.98 Å². The van der Waals surface area contributed by atoms with Gasteiger partial charge in [-0.15, -0.1) is 11.3 Å². The number of aryl methyl sites for hydroxylation is 2. The number of para-hydroxylation sites is 1. The molecule has 2 aromatic rings. The van der Waals surface area contributed by atoms with Crippen LogP contribution in [0.3, 0.4) is 0 Å². The first-order valence-corrected chi connectivity index (χ1v) is 6.98. The van der Waals surface area contributed by atoms with Gasteiger partial charge in [-0.25, -0.2) is 4.98 Å². The highest BCUT2D eigenvalue weighted by Crippen LogP contribution is 2.16. The highest BCUT2D eigenvalue weighted by atomic mass is 32.1. The van der Waals surface area contributed by atoms with E-state index in [1.165, 1.54) is 5.56 Å². The summed E-state index contributed by atoms with van der Waals surface area (Å²) in [4.78, 5) is 16.0. The van der Waals surface area contributed by atoms with Crippen molar-refractivity contribution in [3.05, 3.63) is 46.4 Å². The van der Waals surface area contributed by atoms with Gasteiger partial charge >= 0.3 is 0 Å². The molecule has 0 saturated carbocycles. The first-order chi connectivity index (χ1) is 8.79. The number of rotatable bonds is 5. The van der Waals surface area contributed by atoms with E-state index >= 15 is 0 Å². The van der Waals surface area contributed by atoms with Crippen molar-refractivity contribution >= 4 is 22.9 Å². The second kappa shape index (κ2) is 6.31. The average molecular weight is 260 g/mol. The van der Waals surface area contributed by atoms with Gasteiger partial charge in [0, 0.05) is 17.5 Å². The molecule has 0 aliphatic heterocycles. The molecule has 1 aromatic carbocycles. The minimum Gasteiger partial charge on any atom is -0.326 e. The van der Waals surface area contributed by atoms with Crippen LogP contribution in [-0.4, -0.2) is 10.9 Å². The van der Waals surface area contributed by atoms with Crippen LogP contribution in [-0.2, 0) is 17.6 Å². The third kappa shape index (κ3) is 3.40. The molecule has 0 saturated heterocycles. The number of anilines is 1. The van der Waals surface area contributed by atoms with Gasteiger partial charge in [0.15, 0.2) is 0 Å². The van der Waals surface area contributed by atoms with Gasteiger partial charge in [0.25, 0.3) is 0 Å². The number of carbonyl (C=O) groups is 1. The van der Waals surface area contributed by atoms with Crippen LogP contribution in [0.15, 0.2) is 35.2 Å². The number of benzene rings is 1. The molecule has 2 rings (SSSR count). The number of nitrogens with one attached hydrogen (secondary N) is 1. The molecule has 1 heterocycles. The molecule has 1 aromatic heterocycles. The summed E-state index contributed by atoms with van der Waals surface area (Å²) in [5, 5.41) is 4.94. The molecule has 18 heavy (non-hydrogen) atoms. The second-order valence-electron chi connectivity index (χ2n) is 4.04. The maximum absolute atomic E-state index is 11.8. The number of amides is 1. The Labute approximate surface area is 111 Å². The Hall–Kier alpha value is -1.68. The van der Waals surface area contributed by atoms with Gasteiger partial charge in [-0.2, -0.15) is 0 Å². The maximum Gasteiger partial charge on any atom is 0.224 e. The Bertz CT molecular complexity index is 508. The number of hydrogen-bond donors (Lipinski definition) is 1. The molecule has 94 valence electrons. The lowest BCUT2D eigenvalue weighted by atomic mass is 10.1. The van der Waals surface area contributed by atoms with E-state index in [1.54, 1.807) is 16.8 Å². The maximum atomic E-state index is 11.8. The third-order valence-electron chi connectivity index (χ3n) is 2.76. The summed E-state index contributed by atoms with van der Waals surface area (Å²) >= 11 is 1.56. The highest BCUT2D eigenvalue weighted by Gasteiger charge is 2.06. The monoisotopic (exact) mass is 260 g/mol. The fourth-order valence-electron chi connectivity index (χ4n) is 1.77. The summed E-state index contributed by atoms with van der Waals surface area (Å²) in [5.41, 5.74) is 4.86. The van der Waals surface area contributed by atoms with Gasteiger partial charge in [0.2, 0.25) is 5.91 Å². The molecule has 0 unspecified atom stereocenters. The largest absolute Gasteiger partial charge is 0.326 e. The van der Waals surface area contributed by atoms with Crippen LogP contribution in [0.4, 0.5) is 5.69 Å². The fraction of sp³-hybridized carbons (Fsp3) is 0.286. The summed E-state index contributed by atoms with van der Waals surface area (Å²) in [6.07, 6.45) is 2.09. The predicted octanol–water partition coefficient (Wildman–Crippen LogP) is 3.28. The van der Waals surface area contributed by atoms with Crippen LogP contribution in [0.5, 0.6) is 0 Å². The van der Waals surface area contributed by atoms with Gasteiger partial charge in [-0.1, -0.05) is 25.1 Å². The zero-order valence-corrected chi connectivity index (χ0v) is 11.2. The van der Waals surface area contributed by atoms with Gasteiger partial charge in [0.05, 0.1) is 11.2 Å². The summed E-state index contributed by atoms with van der Waals surface area (Å²) in [5.74, 6) is 0.0453. The van der Waals surface area contributed by atoms with Crippen molar-refractivity contribution < 1.29 is 4.79 Å². The Morgan fingerprint density at radius 2 is 2.22 bits per heavy atom. The van der Waals surface area contributed by atoms with Crippen molar-refractivity contribution in [3.63, 3.8) is 0 Å². The highest BCUT2D eigenvalue weighted by molar-refractivity contribution is 7.07. The zero-order valence-electron chi connectivity index (χ0n) is 10.3. The van der Waals surface area contributed by atoms with E-state index < -0.39 is 0 Å². The lowest BCUT2D eigenvalue weighted by Gasteiger charge is -2.09. The van der Waals surface area contributed by atoms with Crippen LogP contribution in [0, 0.1) is 0 Å². The van der Waals surface area contributed by atoms with E-state index in [1.807, 2.05) is 29.6 Å². The van der Waals surface area contributed by atoms with Crippen LogP contribution in [0.25, 0.3) is 0 Å². The Morgan fingerprint density at radius 3 is 2.94 bits per heavy atom. The van der Waals surface area contributed by atoms with Crippen molar-refractivity contribution in [2.24, 2.45) is 0 Å². The molecule has 3 nitrogen and oxygen atoms in total. The SMILES string of the molecule is CCc1ccccc1NC(=O)CCc1cscn1. The van der Waals surface area contributed by atoms with E-state index in [0.29, 0.717) is 12.8 Å². The van der Waals surface area contributed by atoms with Crippen molar-refractivity contribution in [3.8, 4) is 0 Å². The van der Waals surface area contributed by atoms with Crippen molar-refractivity contribution in [2.75, 3.05) is 5.32 Å². The van der Waals surface area contributed by atoms with Crippen LogP contribution >= 0.6 is 11.3 Å². The van der Waals surface area contributed by atoms with Crippen LogP contribution < -0.4 is 5.32 Å². The molecule has 0 aliphatic rings. The van der Waals surface area contributed by atoms with Crippen LogP contribution in [0.1, 0.15) is 24.6 Å². The van der Waals surface area contributed by atoms with Crippen molar-refractivity contribution in [1.29, 1.82) is 0 Å². The second-order valence-corrected chi connectivity index (χ2v) is 4.76. The Kier molecular flexibility index (Phi) is 4.47. The molecule has 0 aliphatic carbocycles. The normalized spacial score (nSPS) is 10.3. The molecular weight excluding hydrogens is 244 g/mol. The standard InChI is InChI=1S/C14H16N2OS/c1-2-11-5-3-4-6-13(11)16-14(17)8-7-12-9-18-10-15-12/h3-6,9-10H,2,7-8H2,1H3,(H,16,17). The number of hydrogen-bond acceptors (Lipinski definition) is 3. The topological polar surface area (TPSA) is 42.0 Å². The van der Waals surface area contributed by atoms with Crippen molar-refractivity contribution in [2.45, 2.75) is 26.2 Å². The van der Waals surface area contributed by atoms with E-state index in [0.717, 1.165) is 17.8 Å². The fourth-order valence-corrected chi connectivity index (χ4v) is 2.36. The molecule has 0 radical (unpaired) electrons. The molecule has 0 bridgehead atoms. The van der Waals surface area contributed by atoms with E-state index in [9.17, 15) is 4.79 Å². The lowest BCUT2D eigenvalue weighted by molar-refractivity contribution is -0.116. The molecule has 1 amide bonds. The molecule has 0 spiro atoms. The van der Waals surface area contributed by atoms with Gasteiger partial charge in [0.1, 0.15) is 0 Å². The first kappa shape index (κ1) is 12.8. The minimum atomic E-state index is 0.0453. The molecule has 4 heteroatoms. The summed E-state index contributed by atoms with van der Waals surface area (Å²) in [6.45, 7) is 2.08. The molecule has 0 atom stereocenters. The Morgan fingerprint density at radius 1 is 1.39 bits per heavy atom. The number of thiazole rings is 1. The summed E-state index contributed by atoms with van der Waals surface area (Å²) in [6, 6.07) is 7.91. The Balaban J connectivity index is 1.90. The first-order valence-electron chi connectivity index (χ1n) is 6.04. The molecule has 0 fully saturated rings. The number of carbonyl (C=O) groups excluding carboxylic acids is 1. The quantitative estimate of drug-likeness (QED) is 0.896. The predicted molar refractivity (Wildman–Crippen MR) is 74.9 cm³/mol. The van der Waals surface area contributed by atoms with Crippen LogP contribution in [0.2, 0.25) is 0 Å². The van der Waals surface area contributed by atoms with Gasteiger partial charge in [-0.05, 0) is 24.5 Å². The lowest BCUT2D eigenvalue weighted by Crippen LogP contribution is -2.13. The van der Waals surface area contributed by atoms with Gasteiger partial charge in [-0.3, -0.25) is 4.79 Å². The molecule has 1 N–H and O–H groups in total. The minimum absolute atomic E-state index is 0.0453. The van der Waals surface area contributed by atoms with Gasteiger partial charge < -0.3 is 5.32 Å². The van der Waals surface area contributed by atoms with E-state index in [4.69, 9.17) is 0 Å².